The summed E-state index contributed by atoms with van der Waals surface area (Å²) in [5, 5.41) is 19.6. The molecule has 0 bridgehead atoms. The van der Waals surface area contributed by atoms with Crippen molar-refractivity contribution in [2.45, 2.75) is 19.4 Å². The summed E-state index contributed by atoms with van der Waals surface area (Å²) in [5.41, 5.74) is 0. The minimum Gasteiger partial charge on any atom is -0.480 e. The molecular formula is C9H16N2O4. The lowest BCUT2D eigenvalue weighted by Crippen LogP contribution is -2.48. The monoisotopic (exact) mass is 216 g/mol. The zero-order chi connectivity index (χ0) is 11.4. The zero-order valence-electron chi connectivity index (χ0n) is 8.64. The number of rotatable bonds is 3. The molecule has 0 aromatic carbocycles. The summed E-state index contributed by atoms with van der Waals surface area (Å²) >= 11 is 0. The second kappa shape index (κ2) is 4.97. The molecule has 1 saturated heterocycles. The van der Waals surface area contributed by atoms with E-state index >= 15 is 0 Å². The van der Waals surface area contributed by atoms with Crippen molar-refractivity contribution in [2.75, 3.05) is 19.7 Å². The van der Waals surface area contributed by atoms with Crippen molar-refractivity contribution in [1.29, 1.82) is 0 Å². The molecule has 1 fully saturated rings. The minimum atomic E-state index is -1.22. The molecule has 1 aliphatic heterocycles. The number of likely N-dealkylation sites (tertiary alicyclic amines) is 1. The van der Waals surface area contributed by atoms with Crippen molar-refractivity contribution in [2.24, 2.45) is 5.92 Å². The number of carboxylic acids is 1. The maximum absolute atomic E-state index is 11.5. The quantitative estimate of drug-likeness (QED) is 0.592. The van der Waals surface area contributed by atoms with Crippen LogP contribution < -0.4 is 5.32 Å². The number of nitrogens with one attached hydrogen (secondary N) is 1. The number of aliphatic carboxylic acids is 1. The van der Waals surface area contributed by atoms with Gasteiger partial charge in [0.1, 0.15) is 0 Å². The number of carbonyl (C=O) groups is 2. The number of aliphatic hydroxyl groups is 1. The number of carbonyl (C=O) groups excluding carboxylic acids is 1. The third-order valence-corrected chi connectivity index (χ3v) is 2.49. The fourth-order valence-corrected chi connectivity index (χ4v) is 1.55. The molecule has 3 N–H and O–H groups in total. The standard InChI is InChI=1S/C9H16N2O4/c1-6-2-3-11(4-6)9(15)10-7(5-12)8(13)14/h6-7,12H,2-5H2,1H3,(H,10,15)(H,13,14)/t6?,7-/m0/s1. The Morgan fingerprint density at radius 3 is 2.67 bits per heavy atom. The molecule has 6 heteroatoms. The lowest BCUT2D eigenvalue weighted by Gasteiger charge is -2.19. The molecule has 0 aromatic rings. The highest BCUT2D eigenvalue weighted by atomic mass is 16.4. The van der Waals surface area contributed by atoms with Crippen LogP contribution in [-0.2, 0) is 4.79 Å². The second-order valence-corrected chi connectivity index (χ2v) is 3.86. The van der Waals surface area contributed by atoms with Gasteiger partial charge in [-0.2, -0.15) is 0 Å². The normalized spacial score (nSPS) is 22.5. The summed E-state index contributed by atoms with van der Waals surface area (Å²) in [6.45, 7) is 2.73. The van der Waals surface area contributed by atoms with Crippen molar-refractivity contribution < 1.29 is 19.8 Å². The number of hydrogen-bond donors (Lipinski definition) is 3. The molecule has 15 heavy (non-hydrogen) atoms. The van der Waals surface area contributed by atoms with Crippen molar-refractivity contribution >= 4 is 12.0 Å². The molecule has 1 aliphatic rings. The first-order valence-electron chi connectivity index (χ1n) is 4.93. The summed E-state index contributed by atoms with van der Waals surface area (Å²) in [5.74, 6) is -0.772. The molecule has 0 radical (unpaired) electrons. The highest BCUT2D eigenvalue weighted by Gasteiger charge is 2.26. The SMILES string of the molecule is CC1CCN(C(=O)N[C@@H](CO)C(=O)O)C1. The summed E-state index contributed by atoms with van der Waals surface area (Å²) in [6.07, 6.45) is 0.935. The predicted molar refractivity (Wildman–Crippen MR) is 52.4 cm³/mol. The summed E-state index contributed by atoms with van der Waals surface area (Å²) < 4.78 is 0. The van der Waals surface area contributed by atoms with E-state index in [4.69, 9.17) is 10.2 Å². The van der Waals surface area contributed by atoms with Gasteiger partial charge in [-0.15, -0.1) is 0 Å². The Balaban J connectivity index is 2.44. The van der Waals surface area contributed by atoms with E-state index in [0.29, 0.717) is 19.0 Å². The second-order valence-electron chi connectivity index (χ2n) is 3.86. The highest BCUT2D eigenvalue weighted by molar-refractivity contribution is 5.82. The summed E-state index contributed by atoms with van der Waals surface area (Å²) in [7, 11) is 0. The lowest BCUT2D eigenvalue weighted by atomic mass is 10.2. The fourth-order valence-electron chi connectivity index (χ4n) is 1.55. The predicted octanol–water partition coefficient (Wildman–Crippen LogP) is -0.517. The van der Waals surface area contributed by atoms with Crippen molar-refractivity contribution in [3.63, 3.8) is 0 Å². The van der Waals surface area contributed by atoms with Crippen LogP contribution in [0.25, 0.3) is 0 Å². The van der Waals surface area contributed by atoms with E-state index in [9.17, 15) is 9.59 Å². The Bertz CT molecular complexity index is 256. The average Bonchev–Trinajstić information content (AvgIpc) is 2.60. The van der Waals surface area contributed by atoms with Gasteiger partial charge in [0.25, 0.3) is 0 Å². The molecule has 0 aromatic heterocycles. The summed E-state index contributed by atoms with van der Waals surface area (Å²) in [6, 6.07) is -1.63. The molecule has 2 amide bonds. The lowest BCUT2D eigenvalue weighted by molar-refractivity contribution is -0.140. The van der Waals surface area contributed by atoms with Gasteiger partial charge in [0, 0.05) is 13.1 Å². The van der Waals surface area contributed by atoms with Gasteiger partial charge in [-0.3, -0.25) is 0 Å². The van der Waals surface area contributed by atoms with Crippen LogP contribution in [0.4, 0.5) is 4.79 Å². The van der Waals surface area contributed by atoms with Crippen LogP contribution >= 0.6 is 0 Å². The van der Waals surface area contributed by atoms with Crippen LogP contribution in [0.3, 0.4) is 0 Å². The topological polar surface area (TPSA) is 89.9 Å². The van der Waals surface area contributed by atoms with E-state index in [2.05, 4.69) is 5.32 Å². The number of amides is 2. The van der Waals surface area contributed by atoms with E-state index in [1.165, 1.54) is 0 Å². The molecule has 0 spiro atoms. The molecule has 0 saturated carbocycles. The Kier molecular flexibility index (Phi) is 3.90. The molecule has 6 nitrogen and oxygen atoms in total. The van der Waals surface area contributed by atoms with Crippen LogP contribution in [0.2, 0.25) is 0 Å². The van der Waals surface area contributed by atoms with Gasteiger partial charge in [-0.05, 0) is 12.3 Å². The zero-order valence-corrected chi connectivity index (χ0v) is 8.64. The van der Waals surface area contributed by atoms with Crippen LogP contribution in [0.1, 0.15) is 13.3 Å². The third kappa shape index (κ3) is 3.09. The maximum Gasteiger partial charge on any atom is 0.328 e. The van der Waals surface area contributed by atoms with E-state index in [1.54, 1.807) is 4.90 Å². The number of hydrogen-bond acceptors (Lipinski definition) is 3. The Hall–Kier alpha value is -1.30. The Morgan fingerprint density at radius 2 is 2.27 bits per heavy atom. The minimum absolute atomic E-state index is 0.416. The largest absolute Gasteiger partial charge is 0.480 e. The highest BCUT2D eigenvalue weighted by Crippen LogP contribution is 2.14. The first-order chi connectivity index (χ1) is 7.04. The molecule has 2 atom stereocenters. The van der Waals surface area contributed by atoms with E-state index < -0.39 is 24.6 Å². The maximum atomic E-state index is 11.5. The van der Waals surface area contributed by atoms with Crippen LogP contribution in [-0.4, -0.2) is 52.9 Å². The number of carboxylic acid groups (broad SMARTS) is 1. The van der Waals surface area contributed by atoms with E-state index in [1.807, 2.05) is 6.92 Å². The Labute approximate surface area is 87.9 Å². The smallest absolute Gasteiger partial charge is 0.328 e. The van der Waals surface area contributed by atoms with Gasteiger partial charge in [0.2, 0.25) is 0 Å². The van der Waals surface area contributed by atoms with Gasteiger partial charge in [0.15, 0.2) is 6.04 Å². The van der Waals surface area contributed by atoms with Crippen LogP contribution in [0.15, 0.2) is 0 Å². The number of nitrogens with zero attached hydrogens (tertiary/aromatic N) is 1. The van der Waals surface area contributed by atoms with Gasteiger partial charge >= 0.3 is 12.0 Å². The fraction of sp³-hybridized carbons (Fsp3) is 0.778. The van der Waals surface area contributed by atoms with Crippen molar-refractivity contribution in [3.05, 3.63) is 0 Å². The van der Waals surface area contributed by atoms with E-state index in [-0.39, 0.29) is 0 Å². The molecule has 0 aliphatic carbocycles. The van der Waals surface area contributed by atoms with Gasteiger partial charge in [0.05, 0.1) is 6.61 Å². The van der Waals surface area contributed by atoms with Crippen molar-refractivity contribution in [3.8, 4) is 0 Å². The summed E-state index contributed by atoms with van der Waals surface area (Å²) in [4.78, 5) is 23.6. The molecule has 1 rings (SSSR count). The van der Waals surface area contributed by atoms with Gasteiger partial charge in [-0.1, -0.05) is 6.92 Å². The molecule has 1 heterocycles. The third-order valence-electron chi connectivity index (χ3n) is 2.49. The van der Waals surface area contributed by atoms with Crippen LogP contribution in [0.5, 0.6) is 0 Å². The molecule has 1 unspecified atom stereocenters. The first-order valence-corrected chi connectivity index (χ1v) is 4.93. The van der Waals surface area contributed by atoms with Crippen molar-refractivity contribution in [1.82, 2.24) is 10.2 Å². The van der Waals surface area contributed by atoms with E-state index in [0.717, 1.165) is 6.42 Å². The average molecular weight is 216 g/mol. The number of aliphatic hydroxyl groups excluding tert-OH is 1. The number of urea groups is 1. The Morgan fingerprint density at radius 1 is 1.60 bits per heavy atom. The molecular weight excluding hydrogens is 200 g/mol. The molecule has 86 valence electrons. The van der Waals surface area contributed by atoms with Gasteiger partial charge in [-0.25, -0.2) is 9.59 Å². The first kappa shape index (κ1) is 11.8. The van der Waals surface area contributed by atoms with Crippen LogP contribution in [0, 0.1) is 5.92 Å². The van der Waals surface area contributed by atoms with Gasteiger partial charge < -0.3 is 20.4 Å².